The Bertz CT molecular complexity index is 445. The number of fused-ring (bicyclic) bond motifs is 1. The predicted molar refractivity (Wildman–Crippen MR) is 54.1 cm³/mol. The molecule has 0 radical (unpaired) electrons. The molecule has 2 rings (SSSR count). The predicted octanol–water partition coefficient (Wildman–Crippen LogP) is 2.41. The van der Waals surface area contributed by atoms with Crippen LogP contribution in [0.1, 0.15) is 11.1 Å². The summed E-state index contributed by atoms with van der Waals surface area (Å²) in [4.78, 5) is 0. The number of benzene rings is 1. The molecule has 68 valence electrons. The lowest BCUT2D eigenvalue weighted by Gasteiger charge is -2.01. The van der Waals surface area contributed by atoms with E-state index >= 15 is 0 Å². The third-order valence-corrected chi connectivity index (χ3v) is 3.28. The summed E-state index contributed by atoms with van der Waals surface area (Å²) in [5.74, 6) is 0.220. The van der Waals surface area contributed by atoms with Gasteiger partial charge in [-0.05, 0) is 23.3 Å². The Kier molecular flexibility index (Phi) is 1.98. The standard InChI is InChI=1S/C10H10O2S/c1-6-5-13-10-8(6)3-2-7(4-11)9(10)12/h2-3,5,11-12H,4H2,1H3. The second kappa shape index (κ2) is 3.01. The van der Waals surface area contributed by atoms with E-state index in [0.29, 0.717) is 5.56 Å². The lowest BCUT2D eigenvalue weighted by molar-refractivity contribution is 0.276. The van der Waals surface area contributed by atoms with Crippen LogP contribution in [0.25, 0.3) is 10.1 Å². The zero-order valence-electron chi connectivity index (χ0n) is 7.24. The Labute approximate surface area is 80.1 Å². The molecule has 0 fully saturated rings. The molecule has 2 N–H and O–H groups in total. The smallest absolute Gasteiger partial charge is 0.138 e. The van der Waals surface area contributed by atoms with Crippen LogP contribution in [0.3, 0.4) is 0 Å². The molecular weight excluding hydrogens is 184 g/mol. The van der Waals surface area contributed by atoms with Crippen molar-refractivity contribution in [2.24, 2.45) is 0 Å². The van der Waals surface area contributed by atoms with Gasteiger partial charge in [0.05, 0.1) is 11.3 Å². The maximum Gasteiger partial charge on any atom is 0.138 e. The molecular formula is C10H10O2S. The molecule has 0 unspecified atom stereocenters. The van der Waals surface area contributed by atoms with E-state index in [9.17, 15) is 5.11 Å². The van der Waals surface area contributed by atoms with Gasteiger partial charge in [-0.25, -0.2) is 0 Å². The number of hydrogen-bond acceptors (Lipinski definition) is 3. The first kappa shape index (κ1) is 8.53. The zero-order valence-corrected chi connectivity index (χ0v) is 8.06. The Morgan fingerprint density at radius 3 is 2.85 bits per heavy atom. The Morgan fingerprint density at radius 2 is 2.15 bits per heavy atom. The summed E-state index contributed by atoms with van der Waals surface area (Å²) in [6.45, 7) is 1.90. The number of aliphatic hydroxyl groups excluding tert-OH is 1. The molecule has 2 nitrogen and oxygen atoms in total. The van der Waals surface area contributed by atoms with Gasteiger partial charge in [0.2, 0.25) is 0 Å². The van der Waals surface area contributed by atoms with Crippen LogP contribution >= 0.6 is 11.3 Å². The molecule has 0 amide bonds. The first-order chi connectivity index (χ1) is 6.24. The summed E-state index contributed by atoms with van der Waals surface area (Å²) in [7, 11) is 0. The van der Waals surface area contributed by atoms with Crippen LogP contribution in [0.5, 0.6) is 5.75 Å². The molecule has 1 aromatic carbocycles. The second-order valence-electron chi connectivity index (χ2n) is 3.03. The molecule has 1 heterocycles. The van der Waals surface area contributed by atoms with Gasteiger partial charge in [-0.2, -0.15) is 0 Å². The quantitative estimate of drug-likeness (QED) is 0.731. The maximum atomic E-state index is 9.71. The van der Waals surface area contributed by atoms with Gasteiger partial charge in [-0.3, -0.25) is 0 Å². The van der Waals surface area contributed by atoms with Crippen molar-refractivity contribution in [3.05, 3.63) is 28.6 Å². The number of aryl methyl sites for hydroxylation is 1. The minimum Gasteiger partial charge on any atom is -0.506 e. The van der Waals surface area contributed by atoms with Crippen LogP contribution in [0.4, 0.5) is 0 Å². The fourth-order valence-corrected chi connectivity index (χ4v) is 2.40. The van der Waals surface area contributed by atoms with E-state index in [2.05, 4.69) is 0 Å². The molecule has 0 atom stereocenters. The van der Waals surface area contributed by atoms with Crippen LogP contribution in [-0.2, 0) is 6.61 Å². The van der Waals surface area contributed by atoms with Crippen LogP contribution in [0.15, 0.2) is 17.5 Å². The Hall–Kier alpha value is -1.06. The first-order valence-corrected chi connectivity index (χ1v) is 4.91. The van der Waals surface area contributed by atoms with E-state index in [1.807, 2.05) is 18.4 Å². The highest BCUT2D eigenvalue weighted by Crippen LogP contribution is 2.35. The van der Waals surface area contributed by atoms with Crippen molar-refractivity contribution in [1.29, 1.82) is 0 Å². The Morgan fingerprint density at radius 1 is 1.38 bits per heavy atom. The molecule has 0 bridgehead atoms. The van der Waals surface area contributed by atoms with Crippen LogP contribution in [0.2, 0.25) is 0 Å². The van der Waals surface area contributed by atoms with Crippen molar-refractivity contribution in [2.75, 3.05) is 0 Å². The monoisotopic (exact) mass is 194 g/mol. The van der Waals surface area contributed by atoms with Crippen molar-refractivity contribution >= 4 is 21.4 Å². The fourth-order valence-electron chi connectivity index (χ4n) is 1.38. The van der Waals surface area contributed by atoms with Gasteiger partial charge < -0.3 is 10.2 Å². The highest BCUT2D eigenvalue weighted by Gasteiger charge is 2.08. The second-order valence-corrected chi connectivity index (χ2v) is 3.91. The van der Waals surface area contributed by atoms with E-state index in [-0.39, 0.29) is 12.4 Å². The summed E-state index contributed by atoms with van der Waals surface area (Å²) in [5, 5.41) is 21.7. The van der Waals surface area contributed by atoms with Gasteiger partial charge in [-0.1, -0.05) is 12.1 Å². The van der Waals surface area contributed by atoms with E-state index in [1.165, 1.54) is 16.9 Å². The zero-order chi connectivity index (χ0) is 9.42. The molecule has 0 spiro atoms. The normalized spacial score (nSPS) is 10.9. The number of hydrogen-bond donors (Lipinski definition) is 2. The summed E-state index contributed by atoms with van der Waals surface area (Å²) in [6, 6.07) is 3.70. The lowest BCUT2D eigenvalue weighted by Crippen LogP contribution is -1.83. The fraction of sp³-hybridized carbons (Fsp3) is 0.200. The van der Waals surface area contributed by atoms with Crippen molar-refractivity contribution in [3.8, 4) is 5.75 Å². The summed E-state index contributed by atoms with van der Waals surface area (Å²) in [5.41, 5.74) is 1.76. The minimum absolute atomic E-state index is 0.112. The van der Waals surface area contributed by atoms with Gasteiger partial charge in [0, 0.05) is 5.56 Å². The topological polar surface area (TPSA) is 40.5 Å². The van der Waals surface area contributed by atoms with Crippen molar-refractivity contribution in [2.45, 2.75) is 13.5 Å². The van der Waals surface area contributed by atoms with Gasteiger partial charge >= 0.3 is 0 Å². The maximum absolute atomic E-state index is 9.71. The lowest BCUT2D eigenvalue weighted by atomic mass is 10.1. The Balaban J connectivity index is 2.80. The highest BCUT2D eigenvalue weighted by molar-refractivity contribution is 7.17. The van der Waals surface area contributed by atoms with E-state index in [0.717, 1.165) is 10.1 Å². The molecule has 0 aliphatic rings. The molecule has 0 aliphatic carbocycles. The third-order valence-electron chi connectivity index (χ3n) is 2.16. The summed E-state index contributed by atoms with van der Waals surface area (Å²) in [6.07, 6.45) is 0. The van der Waals surface area contributed by atoms with E-state index in [1.54, 1.807) is 6.07 Å². The van der Waals surface area contributed by atoms with Gasteiger partial charge in [0.1, 0.15) is 5.75 Å². The largest absolute Gasteiger partial charge is 0.506 e. The van der Waals surface area contributed by atoms with Gasteiger partial charge in [-0.15, -0.1) is 11.3 Å². The average Bonchev–Trinajstić information content (AvgIpc) is 2.50. The van der Waals surface area contributed by atoms with Gasteiger partial charge in [0.15, 0.2) is 0 Å². The highest BCUT2D eigenvalue weighted by atomic mass is 32.1. The number of phenols is 1. The molecule has 13 heavy (non-hydrogen) atoms. The van der Waals surface area contributed by atoms with Crippen LogP contribution < -0.4 is 0 Å². The summed E-state index contributed by atoms with van der Waals surface area (Å²) < 4.78 is 0.865. The summed E-state index contributed by atoms with van der Waals surface area (Å²) >= 11 is 1.51. The van der Waals surface area contributed by atoms with Crippen molar-refractivity contribution in [3.63, 3.8) is 0 Å². The van der Waals surface area contributed by atoms with Gasteiger partial charge in [0.25, 0.3) is 0 Å². The number of rotatable bonds is 1. The average molecular weight is 194 g/mol. The van der Waals surface area contributed by atoms with Crippen LogP contribution in [-0.4, -0.2) is 10.2 Å². The SMILES string of the molecule is Cc1csc2c(O)c(CO)ccc12. The molecule has 0 aliphatic heterocycles. The molecule has 1 aromatic heterocycles. The van der Waals surface area contributed by atoms with E-state index < -0.39 is 0 Å². The van der Waals surface area contributed by atoms with Crippen molar-refractivity contribution in [1.82, 2.24) is 0 Å². The third kappa shape index (κ3) is 1.20. The number of aromatic hydroxyl groups is 1. The van der Waals surface area contributed by atoms with Crippen molar-refractivity contribution < 1.29 is 10.2 Å². The number of aliphatic hydroxyl groups is 1. The molecule has 2 aromatic rings. The molecule has 3 heteroatoms. The molecule has 0 saturated heterocycles. The minimum atomic E-state index is -0.112. The number of thiophene rings is 1. The molecule has 0 saturated carbocycles. The first-order valence-electron chi connectivity index (χ1n) is 4.03. The van der Waals surface area contributed by atoms with E-state index in [4.69, 9.17) is 5.11 Å². The van der Waals surface area contributed by atoms with Crippen LogP contribution in [0, 0.1) is 6.92 Å².